The highest BCUT2D eigenvalue weighted by Crippen LogP contribution is 2.34. The summed E-state index contributed by atoms with van der Waals surface area (Å²) in [6, 6.07) is 25.5. The summed E-state index contributed by atoms with van der Waals surface area (Å²) in [5, 5.41) is 0.684. The molecule has 1 atom stereocenters. The van der Waals surface area contributed by atoms with Crippen LogP contribution in [-0.2, 0) is 16.0 Å². The molecule has 172 valence electrons. The van der Waals surface area contributed by atoms with Crippen LogP contribution in [0.5, 0.6) is 5.75 Å². The molecule has 1 aromatic heterocycles. The normalized spacial score (nSPS) is 15.1. The van der Waals surface area contributed by atoms with E-state index < -0.39 is 6.10 Å². The van der Waals surface area contributed by atoms with Crippen molar-refractivity contribution in [3.05, 3.63) is 84.4 Å². The molecule has 4 aromatic rings. The SMILES string of the molecule is CC1Oc2ccccc2N(CCC(=O)N(CCc2ccccc2)c2nc3ccccc3s2)C1=O. The minimum Gasteiger partial charge on any atom is -0.479 e. The molecule has 0 spiro atoms. The van der Waals surface area contributed by atoms with Gasteiger partial charge in [-0.05, 0) is 43.2 Å². The van der Waals surface area contributed by atoms with Gasteiger partial charge in [-0.1, -0.05) is 65.9 Å². The predicted octanol–water partition coefficient (Wildman–Crippen LogP) is 5.08. The molecule has 0 radical (unpaired) electrons. The van der Waals surface area contributed by atoms with E-state index in [1.807, 2.05) is 66.7 Å². The molecule has 0 fully saturated rings. The Labute approximate surface area is 202 Å². The van der Waals surface area contributed by atoms with Crippen molar-refractivity contribution in [1.29, 1.82) is 0 Å². The Morgan fingerprint density at radius 3 is 2.59 bits per heavy atom. The van der Waals surface area contributed by atoms with Crippen LogP contribution in [0.3, 0.4) is 0 Å². The average molecular weight is 472 g/mol. The zero-order chi connectivity index (χ0) is 23.5. The van der Waals surface area contributed by atoms with Gasteiger partial charge < -0.3 is 9.64 Å². The second-order valence-electron chi connectivity index (χ2n) is 8.21. The lowest BCUT2D eigenvalue weighted by atomic mass is 10.1. The quantitative estimate of drug-likeness (QED) is 0.377. The fourth-order valence-corrected chi connectivity index (χ4v) is 5.13. The summed E-state index contributed by atoms with van der Waals surface area (Å²) in [5.41, 5.74) is 2.74. The minimum absolute atomic E-state index is 0.0561. The van der Waals surface area contributed by atoms with Gasteiger partial charge in [-0.3, -0.25) is 14.5 Å². The molecule has 0 bridgehead atoms. The number of thiazole rings is 1. The fraction of sp³-hybridized carbons (Fsp3) is 0.222. The molecular weight excluding hydrogens is 446 g/mol. The topological polar surface area (TPSA) is 62.7 Å². The van der Waals surface area contributed by atoms with Crippen LogP contribution >= 0.6 is 11.3 Å². The Balaban J connectivity index is 1.37. The van der Waals surface area contributed by atoms with Gasteiger partial charge in [0.2, 0.25) is 5.91 Å². The van der Waals surface area contributed by atoms with Crippen molar-refractivity contribution >= 4 is 44.2 Å². The van der Waals surface area contributed by atoms with Crippen molar-refractivity contribution in [3.63, 3.8) is 0 Å². The van der Waals surface area contributed by atoms with E-state index in [0.29, 0.717) is 23.1 Å². The van der Waals surface area contributed by atoms with Gasteiger partial charge in [-0.25, -0.2) is 4.98 Å². The smallest absolute Gasteiger partial charge is 0.267 e. The number of rotatable bonds is 7. The van der Waals surface area contributed by atoms with Gasteiger partial charge in [-0.15, -0.1) is 0 Å². The number of amides is 2. The molecule has 1 unspecified atom stereocenters. The van der Waals surface area contributed by atoms with E-state index in [4.69, 9.17) is 9.72 Å². The maximum Gasteiger partial charge on any atom is 0.267 e. The standard InChI is InChI=1S/C27H25N3O3S/c1-19-26(32)29(22-12-6-7-13-23(22)33-19)18-16-25(31)30(17-15-20-9-3-2-4-10-20)27-28-21-11-5-8-14-24(21)34-27/h2-14,19H,15-18H2,1H3. The second-order valence-corrected chi connectivity index (χ2v) is 9.22. The number of nitrogens with zero attached hydrogens (tertiary/aromatic N) is 3. The van der Waals surface area contributed by atoms with E-state index in [-0.39, 0.29) is 24.8 Å². The average Bonchev–Trinajstić information content (AvgIpc) is 3.29. The molecular formula is C27H25N3O3S. The number of anilines is 2. The summed E-state index contributed by atoms with van der Waals surface area (Å²) in [4.78, 5) is 34.5. The molecule has 0 saturated heterocycles. The zero-order valence-corrected chi connectivity index (χ0v) is 19.7. The Morgan fingerprint density at radius 1 is 1.03 bits per heavy atom. The third-order valence-corrected chi connectivity index (χ3v) is 6.96. The number of carbonyl (C=O) groups excluding carboxylic acids is 2. The minimum atomic E-state index is -0.580. The number of benzene rings is 3. The van der Waals surface area contributed by atoms with E-state index in [1.54, 1.807) is 16.7 Å². The highest BCUT2D eigenvalue weighted by molar-refractivity contribution is 7.22. The van der Waals surface area contributed by atoms with Crippen molar-refractivity contribution in [1.82, 2.24) is 4.98 Å². The first kappa shape index (κ1) is 22.1. The van der Waals surface area contributed by atoms with Gasteiger partial charge in [0.1, 0.15) is 5.75 Å². The number of hydrogen-bond acceptors (Lipinski definition) is 5. The van der Waals surface area contributed by atoms with Crippen LogP contribution in [-0.4, -0.2) is 36.0 Å². The van der Waals surface area contributed by atoms with E-state index in [2.05, 4.69) is 12.1 Å². The largest absolute Gasteiger partial charge is 0.479 e. The monoisotopic (exact) mass is 471 g/mol. The van der Waals surface area contributed by atoms with E-state index in [0.717, 1.165) is 22.2 Å². The molecule has 0 saturated carbocycles. The first-order chi connectivity index (χ1) is 16.6. The summed E-state index contributed by atoms with van der Waals surface area (Å²) < 4.78 is 6.77. The van der Waals surface area contributed by atoms with Crippen LogP contribution in [0.4, 0.5) is 10.8 Å². The Morgan fingerprint density at radius 2 is 1.76 bits per heavy atom. The lowest BCUT2D eigenvalue weighted by Crippen LogP contribution is -2.46. The molecule has 3 aromatic carbocycles. The molecule has 5 rings (SSSR count). The maximum absolute atomic E-state index is 13.5. The molecule has 1 aliphatic rings. The molecule has 7 heteroatoms. The maximum atomic E-state index is 13.5. The van der Waals surface area contributed by atoms with Crippen LogP contribution < -0.4 is 14.5 Å². The molecule has 6 nitrogen and oxygen atoms in total. The molecule has 0 N–H and O–H groups in total. The van der Waals surface area contributed by atoms with Crippen LogP contribution in [0.15, 0.2) is 78.9 Å². The second kappa shape index (κ2) is 9.65. The summed E-state index contributed by atoms with van der Waals surface area (Å²) in [7, 11) is 0. The summed E-state index contributed by atoms with van der Waals surface area (Å²) >= 11 is 1.51. The fourth-order valence-electron chi connectivity index (χ4n) is 4.12. The number of aromatic nitrogens is 1. The summed E-state index contributed by atoms with van der Waals surface area (Å²) in [6.45, 7) is 2.54. The molecule has 2 amide bonds. The number of fused-ring (bicyclic) bond motifs is 2. The summed E-state index contributed by atoms with van der Waals surface area (Å²) in [6.07, 6.45) is 0.333. The Hall–Kier alpha value is -3.71. The molecule has 2 heterocycles. The van der Waals surface area contributed by atoms with Crippen molar-refractivity contribution < 1.29 is 14.3 Å². The highest BCUT2D eigenvalue weighted by Gasteiger charge is 2.32. The summed E-state index contributed by atoms with van der Waals surface area (Å²) in [5.74, 6) is 0.468. The first-order valence-electron chi connectivity index (χ1n) is 11.4. The Kier molecular flexibility index (Phi) is 6.27. The molecule has 0 aliphatic carbocycles. The number of hydrogen-bond donors (Lipinski definition) is 0. The van der Waals surface area contributed by atoms with E-state index in [9.17, 15) is 9.59 Å². The third kappa shape index (κ3) is 4.52. The van der Waals surface area contributed by atoms with Crippen molar-refractivity contribution in [2.45, 2.75) is 25.9 Å². The lowest BCUT2D eigenvalue weighted by molar-refractivity contribution is -0.125. The van der Waals surface area contributed by atoms with Crippen LogP contribution in [0, 0.1) is 0 Å². The van der Waals surface area contributed by atoms with Crippen molar-refractivity contribution in [2.24, 2.45) is 0 Å². The van der Waals surface area contributed by atoms with Crippen LogP contribution in [0.1, 0.15) is 18.9 Å². The first-order valence-corrected chi connectivity index (χ1v) is 12.2. The van der Waals surface area contributed by atoms with Gasteiger partial charge in [0.05, 0.1) is 15.9 Å². The van der Waals surface area contributed by atoms with Crippen LogP contribution in [0.25, 0.3) is 10.2 Å². The van der Waals surface area contributed by atoms with Gasteiger partial charge >= 0.3 is 0 Å². The Bertz CT molecular complexity index is 1290. The van der Waals surface area contributed by atoms with Crippen LogP contribution in [0.2, 0.25) is 0 Å². The number of ether oxygens (including phenoxy) is 1. The predicted molar refractivity (Wildman–Crippen MR) is 136 cm³/mol. The van der Waals surface area contributed by atoms with Gasteiger partial charge in [0, 0.05) is 19.5 Å². The van der Waals surface area contributed by atoms with Crippen molar-refractivity contribution in [2.75, 3.05) is 22.9 Å². The molecule has 1 aliphatic heterocycles. The number of para-hydroxylation sites is 3. The highest BCUT2D eigenvalue weighted by atomic mass is 32.1. The third-order valence-electron chi connectivity index (χ3n) is 5.90. The number of carbonyl (C=O) groups is 2. The van der Waals surface area contributed by atoms with Gasteiger partial charge in [0.15, 0.2) is 11.2 Å². The lowest BCUT2D eigenvalue weighted by Gasteiger charge is -2.33. The molecule has 34 heavy (non-hydrogen) atoms. The van der Waals surface area contributed by atoms with Gasteiger partial charge in [-0.2, -0.15) is 0 Å². The van der Waals surface area contributed by atoms with Crippen molar-refractivity contribution in [3.8, 4) is 5.75 Å². The van der Waals surface area contributed by atoms with Gasteiger partial charge in [0.25, 0.3) is 5.91 Å². The van der Waals surface area contributed by atoms with E-state index >= 15 is 0 Å². The van der Waals surface area contributed by atoms with E-state index in [1.165, 1.54) is 11.3 Å². The zero-order valence-electron chi connectivity index (χ0n) is 18.9.